The third-order valence-electron chi connectivity index (χ3n) is 3.13. The van der Waals surface area contributed by atoms with Crippen molar-refractivity contribution in [2.75, 3.05) is 19.6 Å². The highest BCUT2D eigenvalue weighted by Crippen LogP contribution is 2.30. The van der Waals surface area contributed by atoms with E-state index in [1.807, 2.05) is 0 Å². The molecule has 0 atom stereocenters. The summed E-state index contributed by atoms with van der Waals surface area (Å²) in [5.41, 5.74) is 0. The summed E-state index contributed by atoms with van der Waals surface area (Å²) in [5.74, 6) is 0.944. The predicted octanol–water partition coefficient (Wildman–Crippen LogP) is 1.13. The van der Waals surface area contributed by atoms with Gasteiger partial charge in [0.1, 0.15) is 0 Å². The van der Waals surface area contributed by atoms with Crippen LogP contribution in [0.4, 0.5) is 4.79 Å². The molecule has 0 spiro atoms. The SMILES string of the molecule is O=C(O)NC1CCN(CC2CC2)CC1. The molecular formula is C10H18N2O2. The fourth-order valence-corrected chi connectivity index (χ4v) is 2.10. The molecule has 4 heteroatoms. The molecule has 1 aliphatic carbocycles. The van der Waals surface area contributed by atoms with Crippen LogP contribution < -0.4 is 5.32 Å². The van der Waals surface area contributed by atoms with Gasteiger partial charge in [-0.2, -0.15) is 0 Å². The third kappa shape index (κ3) is 2.87. The van der Waals surface area contributed by atoms with Gasteiger partial charge in [0.2, 0.25) is 0 Å². The highest BCUT2D eigenvalue weighted by atomic mass is 16.4. The molecule has 0 aromatic rings. The van der Waals surface area contributed by atoms with Crippen LogP contribution in [0.25, 0.3) is 0 Å². The Balaban J connectivity index is 1.66. The van der Waals surface area contributed by atoms with E-state index >= 15 is 0 Å². The van der Waals surface area contributed by atoms with Crippen molar-refractivity contribution in [1.29, 1.82) is 0 Å². The first-order chi connectivity index (χ1) is 6.74. The lowest BCUT2D eigenvalue weighted by Gasteiger charge is -2.31. The predicted molar refractivity (Wildman–Crippen MR) is 53.3 cm³/mol. The number of hydrogen-bond acceptors (Lipinski definition) is 2. The summed E-state index contributed by atoms with van der Waals surface area (Å²) in [6, 6.07) is 0.183. The third-order valence-corrected chi connectivity index (χ3v) is 3.13. The molecule has 2 fully saturated rings. The molecule has 0 radical (unpaired) electrons. The average molecular weight is 198 g/mol. The van der Waals surface area contributed by atoms with E-state index in [0.717, 1.165) is 31.8 Å². The molecule has 1 saturated carbocycles. The Hall–Kier alpha value is -0.770. The van der Waals surface area contributed by atoms with E-state index in [9.17, 15) is 4.79 Å². The standard InChI is InChI=1S/C10H18N2O2/c13-10(14)11-9-3-5-12(6-4-9)7-8-1-2-8/h8-9,11H,1-7H2,(H,13,14). The molecule has 0 aromatic heterocycles. The van der Waals surface area contributed by atoms with E-state index in [0.29, 0.717) is 0 Å². The van der Waals surface area contributed by atoms with Gasteiger partial charge in [-0.25, -0.2) is 4.79 Å². The molecule has 1 aliphatic heterocycles. The van der Waals surface area contributed by atoms with Gasteiger partial charge in [0.05, 0.1) is 0 Å². The molecular weight excluding hydrogens is 180 g/mol. The van der Waals surface area contributed by atoms with Crippen LogP contribution in [-0.4, -0.2) is 41.8 Å². The van der Waals surface area contributed by atoms with Crippen LogP contribution >= 0.6 is 0 Å². The van der Waals surface area contributed by atoms with E-state index in [-0.39, 0.29) is 6.04 Å². The molecule has 0 aromatic carbocycles. The smallest absolute Gasteiger partial charge is 0.404 e. The first-order valence-electron chi connectivity index (χ1n) is 5.46. The molecule has 2 aliphatic rings. The van der Waals surface area contributed by atoms with Crippen LogP contribution in [0.2, 0.25) is 0 Å². The first kappa shape index (κ1) is 9.77. The molecule has 1 heterocycles. The maximum absolute atomic E-state index is 10.4. The molecule has 2 N–H and O–H groups in total. The number of carboxylic acid groups (broad SMARTS) is 1. The second kappa shape index (κ2) is 4.17. The molecule has 2 rings (SSSR count). The largest absolute Gasteiger partial charge is 0.465 e. The van der Waals surface area contributed by atoms with Crippen LogP contribution in [0.15, 0.2) is 0 Å². The minimum absolute atomic E-state index is 0.183. The summed E-state index contributed by atoms with van der Waals surface area (Å²) in [6.45, 7) is 3.35. The van der Waals surface area contributed by atoms with Crippen LogP contribution in [-0.2, 0) is 0 Å². The fraction of sp³-hybridized carbons (Fsp3) is 0.900. The van der Waals surface area contributed by atoms with E-state index in [1.165, 1.54) is 19.4 Å². The minimum Gasteiger partial charge on any atom is -0.465 e. The fourth-order valence-electron chi connectivity index (χ4n) is 2.10. The molecule has 4 nitrogen and oxygen atoms in total. The topological polar surface area (TPSA) is 52.6 Å². The summed E-state index contributed by atoms with van der Waals surface area (Å²) >= 11 is 0. The van der Waals surface area contributed by atoms with Crippen LogP contribution in [0, 0.1) is 5.92 Å². The molecule has 80 valence electrons. The second-order valence-electron chi connectivity index (χ2n) is 4.47. The van der Waals surface area contributed by atoms with Crippen LogP contribution in [0.3, 0.4) is 0 Å². The maximum atomic E-state index is 10.4. The van der Waals surface area contributed by atoms with Crippen molar-refractivity contribution in [2.24, 2.45) is 5.92 Å². The zero-order chi connectivity index (χ0) is 9.97. The minimum atomic E-state index is -0.884. The zero-order valence-corrected chi connectivity index (χ0v) is 8.41. The number of carbonyl (C=O) groups is 1. The monoisotopic (exact) mass is 198 g/mol. The number of hydrogen-bond donors (Lipinski definition) is 2. The molecule has 0 unspecified atom stereocenters. The Bertz CT molecular complexity index is 208. The van der Waals surface area contributed by atoms with Gasteiger partial charge in [0, 0.05) is 25.7 Å². The van der Waals surface area contributed by atoms with Gasteiger partial charge in [-0.15, -0.1) is 0 Å². The van der Waals surface area contributed by atoms with Crippen molar-refractivity contribution in [3.05, 3.63) is 0 Å². The Morgan fingerprint density at radius 2 is 1.93 bits per heavy atom. The molecule has 1 saturated heterocycles. The van der Waals surface area contributed by atoms with E-state index in [2.05, 4.69) is 10.2 Å². The first-order valence-corrected chi connectivity index (χ1v) is 5.46. The average Bonchev–Trinajstić information content (AvgIpc) is 2.91. The maximum Gasteiger partial charge on any atom is 0.404 e. The van der Waals surface area contributed by atoms with Gasteiger partial charge in [0.15, 0.2) is 0 Å². The van der Waals surface area contributed by atoms with E-state index < -0.39 is 6.09 Å². The molecule has 0 bridgehead atoms. The van der Waals surface area contributed by atoms with Crippen molar-refractivity contribution in [3.63, 3.8) is 0 Å². The lowest BCUT2D eigenvalue weighted by molar-refractivity contribution is 0.165. The normalized spacial score (nSPS) is 24.9. The summed E-state index contributed by atoms with van der Waals surface area (Å²) < 4.78 is 0. The second-order valence-corrected chi connectivity index (χ2v) is 4.47. The number of piperidine rings is 1. The van der Waals surface area contributed by atoms with Gasteiger partial charge < -0.3 is 15.3 Å². The van der Waals surface area contributed by atoms with Crippen molar-refractivity contribution in [3.8, 4) is 0 Å². The van der Waals surface area contributed by atoms with Gasteiger partial charge in [0.25, 0.3) is 0 Å². The number of rotatable bonds is 3. The number of amides is 1. The Morgan fingerprint density at radius 1 is 1.29 bits per heavy atom. The van der Waals surface area contributed by atoms with Gasteiger partial charge in [-0.1, -0.05) is 0 Å². The van der Waals surface area contributed by atoms with E-state index in [1.54, 1.807) is 0 Å². The van der Waals surface area contributed by atoms with Crippen molar-refractivity contribution >= 4 is 6.09 Å². The Kier molecular flexibility index (Phi) is 2.91. The number of nitrogens with zero attached hydrogens (tertiary/aromatic N) is 1. The van der Waals surface area contributed by atoms with Crippen molar-refractivity contribution < 1.29 is 9.90 Å². The van der Waals surface area contributed by atoms with Gasteiger partial charge in [-0.3, -0.25) is 0 Å². The Morgan fingerprint density at radius 3 is 2.43 bits per heavy atom. The van der Waals surface area contributed by atoms with Crippen molar-refractivity contribution in [1.82, 2.24) is 10.2 Å². The summed E-state index contributed by atoms with van der Waals surface area (Å²) in [4.78, 5) is 12.9. The van der Waals surface area contributed by atoms with E-state index in [4.69, 9.17) is 5.11 Å². The molecule has 1 amide bonds. The quantitative estimate of drug-likeness (QED) is 0.714. The lowest BCUT2D eigenvalue weighted by atomic mass is 10.1. The highest BCUT2D eigenvalue weighted by molar-refractivity contribution is 5.64. The van der Waals surface area contributed by atoms with Crippen LogP contribution in [0.1, 0.15) is 25.7 Å². The number of nitrogens with one attached hydrogen (secondary N) is 1. The summed E-state index contributed by atoms with van der Waals surface area (Å²) in [7, 11) is 0. The highest BCUT2D eigenvalue weighted by Gasteiger charge is 2.27. The summed E-state index contributed by atoms with van der Waals surface area (Å²) in [6.07, 6.45) is 3.85. The zero-order valence-electron chi connectivity index (χ0n) is 8.41. The van der Waals surface area contributed by atoms with Crippen molar-refractivity contribution in [2.45, 2.75) is 31.7 Å². The molecule has 14 heavy (non-hydrogen) atoms. The van der Waals surface area contributed by atoms with Crippen LogP contribution in [0.5, 0.6) is 0 Å². The Labute approximate surface area is 84.3 Å². The van der Waals surface area contributed by atoms with Gasteiger partial charge in [-0.05, 0) is 31.6 Å². The van der Waals surface area contributed by atoms with Gasteiger partial charge >= 0.3 is 6.09 Å². The lowest BCUT2D eigenvalue weighted by Crippen LogP contribution is -2.44. The summed E-state index contributed by atoms with van der Waals surface area (Å²) in [5, 5.41) is 11.1. The number of likely N-dealkylation sites (tertiary alicyclic amines) is 1.